The number of hydrogen-bond donors (Lipinski definition) is 0. The second-order valence-corrected chi connectivity index (χ2v) is 4.67. The molecule has 0 N–H and O–H groups in total. The quantitative estimate of drug-likeness (QED) is 0.702. The molecular weight excluding hydrogens is 218 g/mol. The third-order valence-electron chi connectivity index (χ3n) is 2.58. The van der Waals surface area contributed by atoms with Gasteiger partial charge in [-0.2, -0.15) is 0 Å². The van der Waals surface area contributed by atoms with E-state index in [1.807, 2.05) is 30.3 Å². The Bertz CT molecular complexity index is 604. The van der Waals surface area contributed by atoms with E-state index in [-0.39, 0.29) is 0 Å². The van der Waals surface area contributed by atoms with E-state index < -0.39 is 0 Å². The van der Waals surface area contributed by atoms with Crippen LogP contribution in [-0.2, 0) is 4.79 Å². The SMILES string of the molecule is O=CC1=Cc2cc3ccccc3nc2SC1. The van der Waals surface area contributed by atoms with Gasteiger partial charge < -0.3 is 0 Å². The molecular formula is C13H9NOS. The molecule has 0 spiro atoms. The lowest BCUT2D eigenvalue weighted by Gasteiger charge is -2.12. The van der Waals surface area contributed by atoms with Gasteiger partial charge in [-0.25, -0.2) is 4.98 Å². The molecule has 0 saturated heterocycles. The van der Waals surface area contributed by atoms with Gasteiger partial charge in [0.05, 0.1) is 5.52 Å². The lowest BCUT2D eigenvalue weighted by atomic mass is 10.1. The lowest BCUT2D eigenvalue weighted by molar-refractivity contribution is -0.104. The third-order valence-corrected chi connectivity index (χ3v) is 3.66. The van der Waals surface area contributed by atoms with E-state index in [0.717, 1.165) is 39.1 Å². The smallest absolute Gasteiger partial charge is 0.146 e. The topological polar surface area (TPSA) is 30.0 Å². The Morgan fingerprint density at radius 2 is 2.19 bits per heavy atom. The number of thioether (sulfide) groups is 1. The molecule has 2 aromatic rings. The van der Waals surface area contributed by atoms with Crippen LogP contribution in [0.4, 0.5) is 0 Å². The van der Waals surface area contributed by atoms with Crippen molar-refractivity contribution < 1.29 is 4.79 Å². The standard InChI is InChI=1S/C13H9NOS/c15-7-9-5-11-6-10-3-1-2-4-12(10)14-13(11)16-8-9/h1-7H,8H2. The molecule has 78 valence electrons. The largest absolute Gasteiger partial charge is 0.298 e. The molecule has 0 saturated carbocycles. The lowest BCUT2D eigenvalue weighted by Crippen LogP contribution is -1.99. The maximum Gasteiger partial charge on any atom is 0.146 e. The van der Waals surface area contributed by atoms with Crippen molar-refractivity contribution in [2.75, 3.05) is 5.75 Å². The van der Waals surface area contributed by atoms with E-state index >= 15 is 0 Å². The summed E-state index contributed by atoms with van der Waals surface area (Å²) >= 11 is 1.63. The minimum atomic E-state index is 0.724. The second kappa shape index (κ2) is 3.76. The van der Waals surface area contributed by atoms with E-state index in [2.05, 4.69) is 11.1 Å². The minimum absolute atomic E-state index is 0.724. The highest BCUT2D eigenvalue weighted by atomic mass is 32.2. The van der Waals surface area contributed by atoms with Crippen molar-refractivity contribution in [2.45, 2.75) is 5.03 Å². The van der Waals surface area contributed by atoms with Crippen molar-refractivity contribution in [1.29, 1.82) is 0 Å². The predicted molar refractivity (Wildman–Crippen MR) is 66.5 cm³/mol. The molecule has 0 fully saturated rings. The molecule has 3 heteroatoms. The van der Waals surface area contributed by atoms with Gasteiger partial charge in [0.15, 0.2) is 0 Å². The summed E-state index contributed by atoms with van der Waals surface area (Å²) in [6, 6.07) is 10.1. The van der Waals surface area contributed by atoms with Crippen LogP contribution in [-0.4, -0.2) is 17.0 Å². The molecule has 0 unspecified atom stereocenters. The summed E-state index contributed by atoms with van der Waals surface area (Å²) in [5.41, 5.74) is 2.89. The van der Waals surface area contributed by atoms with Gasteiger partial charge in [-0.3, -0.25) is 4.79 Å². The van der Waals surface area contributed by atoms with Gasteiger partial charge in [0.1, 0.15) is 11.3 Å². The molecule has 0 bridgehead atoms. The predicted octanol–water partition coefficient (Wildman–Crippen LogP) is 2.92. The zero-order valence-corrected chi connectivity index (χ0v) is 9.33. The van der Waals surface area contributed by atoms with Crippen molar-refractivity contribution >= 4 is 35.0 Å². The van der Waals surface area contributed by atoms with Crippen LogP contribution in [0.1, 0.15) is 5.56 Å². The number of fused-ring (bicyclic) bond motifs is 2. The van der Waals surface area contributed by atoms with E-state index in [9.17, 15) is 4.79 Å². The van der Waals surface area contributed by atoms with Crippen molar-refractivity contribution in [3.63, 3.8) is 0 Å². The van der Waals surface area contributed by atoms with Gasteiger partial charge >= 0.3 is 0 Å². The van der Waals surface area contributed by atoms with E-state index in [0.29, 0.717) is 0 Å². The zero-order valence-electron chi connectivity index (χ0n) is 8.51. The second-order valence-electron chi connectivity index (χ2n) is 3.70. The number of carbonyl (C=O) groups excluding carboxylic acids is 1. The third kappa shape index (κ3) is 1.53. The zero-order chi connectivity index (χ0) is 11.0. The van der Waals surface area contributed by atoms with Crippen LogP contribution < -0.4 is 0 Å². The molecule has 0 aliphatic carbocycles. The Morgan fingerprint density at radius 3 is 3.06 bits per heavy atom. The highest BCUT2D eigenvalue weighted by Crippen LogP contribution is 2.31. The molecule has 16 heavy (non-hydrogen) atoms. The summed E-state index contributed by atoms with van der Waals surface area (Å²) in [6.07, 6.45) is 2.85. The summed E-state index contributed by atoms with van der Waals surface area (Å²) in [4.78, 5) is 15.3. The Hall–Kier alpha value is -1.61. The van der Waals surface area contributed by atoms with Crippen molar-refractivity contribution in [1.82, 2.24) is 4.98 Å². The molecule has 0 atom stereocenters. The highest BCUT2D eigenvalue weighted by molar-refractivity contribution is 7.99. The highest BCUT2D eigenvalue weighted by Gasteiger charge is 2.12. The van der Waals surface area contributed by atoms with Gasteiger partial charge in [-0.15, -0.1) is 11.8 Å². The number of aromatic nitrogens is 1. The van der Waals surface area contributed by atoms with E-state index in [1.165, 1.54) is 0 Å². The maximum absolute atomic E-state index is 10.7. The van der Waals surface area contributed by atoms with Gasteiger partial charge in [0.25, 0.3) is 0 Å². The van der Waals surface area contributed by atoms with Crippen LogP contribution in [0.25, 0.3) is 17.0 Å². The van der Waals surface area contributed by atoms with Crippen LogP contribution in [0.5, 0.6) is 0 Å². The van der Waals surface area contributed by atoms with Crippen LogP contribution in [0.3, 0.4) is 0 Å². The number of nitrogens with zero attached hydrogens (tertiary/aromatic N) is 1. The number of aldehydes is 1. The van der Waals surface area contributed by atoms with Crippen molar-refractivity contribution in [2.24, 2.45) is 0 Å². The molecule has 3 rings (SSSR count). The Kier molecular flexibility index (Phi) is 2.26. The average Bonchev–Trinajstić information content (AvgIpc) is 2.35. The van der Waals surface area contributed by atoms with Crippen LogP contribution in [0.15, 0.2) is 40.9 Å². The first-order chi connectivity index (χ1) is 7.86. The number of para-hydroxylation sites is 1. The van der Waals surface area contributed by atoms with Crippen LogP contribution in [0.2, 0.25) is 0 Å². The Morgan fingerprint density at radius 1 is 1.31 bits per heavy atom. The number of benzene rings is 1. The van der Waals surface area contributed by atoms with E-state index in [1.54, 1.807) is 11.8 Å². The Labute approximate surface area is 97.4 Å². The van der Waals surface area contributed by atoms with Crippen LogP contribution in [0, 0.1) is 0 Å². The fraction of sp³-hybridized carbons (Fsp3) is 0.0769. The summed E-state index contributed by atoms with van der Waals surface area (Å²) in [7, 11) is 0. The molecule has 1 aromatic carbocycles. The minimum Gasteiger partial charge on any atom is -0.298 e. The molecule has 0 radical (unpaired) electrons. The first-order valence-electron chi connectivity index (χ1n) is 5.05. The molecule has 2 heterocycles. The normalized spacial score (nSPS) is 14.4. The molecule has 1 aromatic heterocycles. The van der Waals surface area contributed by atoms with Gasteiger partial charge in [-0.05, 0) is 18.2 Å². The number of rotatable bonds is 1. The first kappa shape index (κ1) is 9.60. The van der Waals surface area contributed by atoms with Gasteiger partial charge in [0, 0.05) is 22.3 Å². The Balaban J connectivity index is 2.25. The molecule has 2 nitrogen and oxygen atoms in total. The average molecular weight is 227 g/mol. The maximum atomic E-state index is 10.7. The number of carbonyl (C=O) groups is 1. The summed E-state index contributed by atoms with van der Waals surface area (Å²) in [5, 5.41) is 2.13. The monoisotopic (exact) mass is 227 g/mol. The van der Waals surface area contributed by atoms with Gasteiger partial charge in [0.2, 0.25) is 0 Å². The fourth-order valence-corrected chi connectivity index (χ4v) is 2.70. The first-order valence-corrected chi connectivity index (χ1v) is 6.04. The van der Waals surface area contributed by atoms with Crippen molar-refractivity contribution in [3.05, 3.63) is 41.5 Å². The van der Waals surface area contributed by atoms with Gasteiger partial charge in [-0.1, -0.05) is 18.2 Å². The molecule has 1 aliphatic rings. The summed E-state index contributed by atoms with van der Waals surface area (Å²) in [5.74, 6) is 0.724. The van der Waals surface area contributed by atoms with E-state index in [4.69, 9.17) is 0 Å². The summed E-state index contributed by atoms with van der Waals surface area (Å²) < 4.78 is 0. The van der Waals surface area contributed by atoms with Crippen LogP contribution >= 0.6 is 11.8 Å². The number of hydrogen-bond acceptors (Lipinski definition) is 3. The summed E-state index contributed by atoms with van der Waals surface area (Å²) in [6.45, 7) is 0. The van der Waals surface area contributed by atoms with Crippen molar-refractivity contribution in [3.8, 4) is 0 Å². The number of pyridine rings is 1. The fourth-order valence-electron chi connectivity index (χ4n) is 1.79. The molecule has 0 amide bonds. The molecule has 1 aliphatic heterocycles.